The standard InChI is InChI=1S/C7H14O2S/c1-5-6-10(8,9)7(2,3)4/h5-6H,1-4H3/b6-5+. The molecule has 3 heteroatoms. The van der Waals surface area contributed by atoms with Crippen molar-refractivity contribution in [3.8, 4) is 0 Å². The molecule has 0 aromatic heterocycles. The minimum absolute atomic E-state index is 0.667. The van der Waals surface area contributed by atoms with E-state index >= 15 is 0 Å². The quantitative estimate of drug-likeness (QED) is 0.588. The monoisotopic (exact) mass is 162 g/mol. The molecule has 0 fully saturated rings. The maximum atomic E-state index is 11.2. The SMILES string of the molecule is C/C=C/S(=O)(=O)C(C)(C)C. The molecule has 60 valence electrons. The van der Waals surface area contributed by atoms with E-state index in [0.29, 0.717) is 0 Å². The van der Waals surface area contributed by atoms with Crippen molar-refractivity contribution in [1.82, 2.24) is 0 Å². The molecule has 0 N–H and O–H groups in total. The average molecular weight is 162 g/mol. The van der Waals surface area contributed by atoms with Crippen molar-refractivity contribution >= 4 is 9.84 Å². The summed E-state index contributed by atoms with van der Waals surface area (Å²) in [5.74, 6) is 0. The molecule has 0 spiro atoms. The number of hydrogen-bond acceptors (Lipinski definition) is 2. The highest BCUT2D eigenvalue weighted by atomic mass is 32.2. The summed E-state index contributed by atoms with van der Waals surface area (Å²) in [6.45, 7) is 6.75. The zero-order valence-corrected chi connectivity index (χ0v) is 7.70. The first-order valence-electron chi connectivity index (χ1n) is 3.18. The lowest BCUT2D eigenvalue weighted by Gasteiger charge is -2.15. The van der Waals surface area contributed by atoms with E-state index in [1.165, 1.54) is 5.41 Å². The van der Waals surface area contributed by atoms with Crippen LogP contribution in [-0.2, 0) is 9.84 Å². The third kappa shape index (κ3) is 2.14. The molecule has 0 atom stereocenters. The molecule has 0 saturated carbocycles. The van der Waals surface area contributed by atoms with Gasteiger partial charge in [0.25, 0.3) is 0 Å². The smallest absolute Gasteiger partial charge is 0.176 e. The highest BCUT2D eigenvalue weighted by molar-refractivity contribution is 7.95. The Bertz CT molecular complexity index is 216. The largest absolute Gasteiger partial charge is 0.224 e. The summed E-state index contributed by atoms with van der Waals surface area (Å²) in [6.07, 6.45) is 1.54. The Morgan fingerprint density at radius 3 is 1.70 bits per heavy atom. The van der Waals surface area contributed by atoms with Gasteiger partial charge in [-0.05, 0) is 27.7 Å². The second-order valence-electron chi connectivity index (χ2n) is 3.13. The topological polar surface area (TPSA) is 34.1 Å². The Balaban J connectivity index is 4.78. The average Bonchev–Trinajstić information content (AvgIpc) is 1.61. The molecule has 0 heterocycles. The van der Waals surface area contributed by atoms with Gasteiger partial charge in [0.1, 0.15) is 0 Å². The molecule has 0 aromatic rings. The number of rotatable bonds is 1. The fraction of sp³-hybridized carbons (Fsp3) is 0.714. The van der Waals surface area contributed by atoms with E-state index in [9.17, 15) is 8.42 Å². The van der Waals surface area contributed by atoms with E-state index in [1.807, 2.05) is 0 Å². The van der Waals surface area contributed by atoms with Gasteiger partial charge in [-0.3, -0.25) is 0 Å². The lowest BCUT2D eigenvalue weighted by molar-refractivity contribution is 0.570. The summed E-state index contributed by atoms with van der Waals surface area (Å²) in [5.41, 5.74) is 0. The highest BCUT2D eigenvalue weighted by Gasteiger charge is 2.25. The van der Waals surface area contributed by atoms with Crippen LogP contribution in [0.1, 0.15) is 27.7 Å². The summed E-state index contributed by atoms with van der Waals surface area (Å²) < 4.78 is 21.7. The predicted octanol–water partition coefficient (Wildman–Crippen LogP) is 1.73. The van der Waals surface area contributed by atoms with Crippen LogP contribution in [0.25, 0.3) is 0 Å². The first-order valence-corrected chi connectivity index (χ1v) is 4.73. The van der Waals surface area contributed by atoms with Gasteiger partial charge < -0.3 is 0 Å². The first-order chi connectivity index (χ1) is 4.31. The summed E-state index contributed by atoms with van der Waals surface area (Å²) in [6, 6.07) is 0. The van der Waals surface area contributed by atoms with Crippen molar-refractivity contribution in [2.24, 2.45) is 0 Å². The normalized spacial score (nSPS) is 14.4. The van der Waals surface area contributed by atoms with Crippen LogP contribution >= 0.6 is 0 Å². The van der Waals surface area contributed by atoms with Gasteiger partial charge >= 0.3 is 0 Å². The van der Waals surface area contributed by atoms with Crippen LogP contribution in [0, 0.1) is 0 Å². The minimum Gasteiger partial charge on any atom is -0.224 e. The van der Waals surface area contributed by atoms with E-state index in [1.54, 1.807) is 33.8 Å². The molecule has 0 bridgehead atoms. The molecule has 0 amide bonds. The molecule has 10 heavy (non-hydrogen) atoms. The van der Waals surface area contributed by atoms with Crippen LogP contribution in [0.15, 0.2) is 11.5 Å². The molecule has 2 nitrogen and oxygen atoms in total. The van der Waals surface area contributed by atoms with Crippen molar-refractivity contribution in [2.75, 3.05) is 0 Å². The van der Waals surface area contributed by atoms with Crippen molar-refractivity contribution in [3.63, 3.8) is 0 Å². The molecule has 0 aliphatic carbocycles. The fourth-order valence-electron chi connectivity index (χ4n) is 0.383. The van der Waals surface area contributed by atoms with Crippen LogP contribution in [0.5, 0.6) is 0 Å². The van der Waals surface area contributed by atoms with Crippen LogP contribution in [0.3, 0.4) is 0 Å². The van der Waals surface area contributed by atoms with Crippen LogP contribution in [0.2, 0.25) is 0 Å². The zero-order valence-electron chi connectivity index (χ0n) is 6.88. The second kappa shape index (κ2) is 2.74. The van der Waals surface area contributed by atoms with Gasteiger partial charge in [0, 0.05) is 5.41 Å². The summed E-state index contributed by atoms with van der Waals surface area (Å²) in [5, 5.41) is 1.24. The van der Waals surface area contributed by atoms with E-state index in [0.717, 1.165) is 0 Å². The van der Waals surface area contributed by atoms with E-state index in [2.05, 4.69) is 0 Å². The Hall–Kier alpha value is -0.310. The Kier molecular flexibility index (Phi) is 2.66. The third-order valence-corrected chi connectivity index (χ3v) is 3.51. The molecule has 0 radical (unpaired) electrons. The summed E-state index contributed by atoms with van der Waals surface area (Å²) >= 11 is 0. The molecule has 0 unspecified atom stereocenters. The molecular formula is C7H14O2S. The number of hydrogen-bond donors (Lipinski definition) is 0. The molecule has 0 saturated heterocycles. The van der Waals surface area contributed by atoms with Gasteiger partial charge in [-0.25, -0.2) is 8.42 Å². The van der Waals surface area contributed by atoms with Gasteiger partial charge in [-0.1, -0.05) is 6.08 Å². The van der Waals surface area contributed by atoms with Crippen molar-refractivity contribution in [2.45, 2.75) is 32.4 Å². The fourth-order valence-corrected chi connectivity index (χ4v) is 1.15. The first kappa shape index (κ1) is 9.69. The van der Waals surface area contributed by atoms with Crippen LogP contribution in [0.4, 0.5) is 0 Å². The van der Waals surface area contributed by atoms with Gasteiger partial charge in [0.05, 0.1) is 4.75 Å². The lowest BCUT2D eigenvalue weighted by Crippen LogP contribution is -2.25. The van der Waals surface area contributed by atoms with Crippen molar-refractivity contribution in [1.29, 1.82) is 0 Å². The zero-order chi connectivity index (χ0) is 8.41. The van der Waals surface area contributed by atoms with Gasteiger partial charge in [0.15, 0.2) is 9.84 Å². The Labute approximate surface area is 62.9 Å². The third-order valence-electron chi connectivity index (χ3n) is 1.17. The van der Waals surface area contributed by atoms with Crippen molar-refractivity contribution < 1.29 is 8.42 Å². The van der Waals surface area contributed by atoms with Crippen LogP contribution in [-0.4, -0.2) is 13.2 Å². The maximum Gasteiger partial charge on any atom is 0.176 e. The summed E-state index contributed by atoms with van der Waals surface area (Å²) in [7, 11) is -3.03. The lowest BCUT2D eigenvalue weighted by atomic mass is 10.3. The van der Waals surface area contributed by atoms with Gasteiger partial charge in [-0.15, -0.1) is 0 Å². The van der Waals surface area contributed by atoms with Crippen molar-refractivity contribution in [3.05, 3.63) is 11.5 Å². The Morgan fingerprint density at radius 1 is 1.20 bits per heavy atom. The molecule has 0 rings (SSSR count). The molecule has 0 aliphatic rings. The summed E-state index contributed by atoms with van der Waals surface area (Å²) in [4.78, 5) is 0. The van der Waals surface area contributed by atoms with E-state index in [4.69, 9.17) is 0 Å². The molecule has 0 aromatic carbocycles. The minimum atomic E-state index is -3.03. The second-order valence-corrected chi connectivity index (χ2v) is 5.71. The van der Waals surface area contributed by atoms with Gasteiger partial charge in [-0.2, -0.15) is 0 Å². The molecular weight excluding hydrogens is 148 g/mol. The van der Waals surface area contributed by atoms with E-state index in [-0.39, 0.29) is 0 Å². The van der Waals surface area contributed by atoms with Crippen LogP contribution < -0.4 is 0 Å². The number of sulfone groups is 1. The Morgan fingerprint density at radius 2 is 1.60 bits per heavy atom. The number of allylic oxidation sites excluding steroid dienone is 1. The predicted molar refractivity (Wildman–Crippen MR) is 43.5 cm³/mol. The molecule has 0 aliphatic heterocycles. The highest BCUT2D eigenvalue weighted by Crippen LogP contribution is 2.16. The maximum absolute atomic E-state index is 11.2. The van der Waals surface area contributed by atoms with Gasteiger partial charge in [0.2, 0.25) is 0 Å². The van der Waals surface area contributed by atoms with E-state index < -0.39 is 14.6 Å².